The number of benzene rings is 2. The van der Waals surface area contributed by atoms with E-state index in [4.69, 9.17) is 4.18 Å². The first-order chi connectivity index (χ1) is 10.9. The third-order valence-electron chi connectivity index (χ3n) is 3.60. The van der Waals surface area contributed by atoms with Crippen LogP contribution in [0.2, 0.25) is 0 Å². The van der Waals surface area contributed by atoms with Gasteiger partial charge in [-0.2, -0.15) is 8.42 Å². The standard InChI is InChI=1S/C18H21IO3S/c1-3-23(20,21)22-18-12-9-14(2)13-16(18)17(19)11-10-15-7-5-4-6-8-15/h4-9,12-13,17H,3,10-11H2,1-2H3. The zero-order valence-corrected chi connectivity index (χ0v) is 16.3. The Bertz CT molecular complexity index is 742. The summed E-state index contributed by atoms with van der Waals surface area (Å²) < 4.78 is 29.0. The maximum atomic E-state index is 11.8. The van der Waals surface area contributed by atoms with Crippen LogP contribution in [0.5, 0.6) is 5.75 Å². The molecule has 5 heteroatoms. The minimum atomic E-state index is -3.51. The summed E-state index contributed by atoms with van der Waals surface area (Å²) in [4.78, 5) is 0. The maximum Gasteiger partial charge on any atom is 0.308 e. The highest BCUT2D eigenvalue weighted by Gasteiger charge is 2.18. The highest BCUT2D eigenvalue weighted by molar-refractivity contribution is 14.1. The summed E-state index contributed by atoms with van der Waals surface area (Å²) in [6.45, 7) is 3.59. The molecule has 1 unspecified atom stereocenters. The molecule has 2 aromatic rings. The molecule has 0 bridgehead atoms. The van der Waals surface area contributed by atoms with E-state index in [0.717, 1.165) is 24.0 Å². The van der Waals surface area contributed by atoms with Gasteiger partial charge >= 0.3 is 10.1 Å². The minimum Gasteiger partial charge on any atom is -0.382 e. The van der Waals surface area contributed by atoms with Gasteiger partial charge in [-0.25, -0.2) is 0 Å². The number of hydrogen-bond donors (Lipinski definition) is 0. The number of aryl methyl sites for hydroxylation is 2. The predicted molar refractivity (Wildman–Crippen MR) is 103 cm³/mol. The highest BCUT2D eigenvalue weighted by Crippen LogP contribution is 2.36. The molecule has 0 amide bonds. The second-order valence-corrected chi connectivity index (χ2v) is 8.83. The lowest BCUT2D eigenvalue weighted by Crippen LogP contribution is -2.13. The first-order valence-electron chi connectivity index (χ1n) is 7.62. The summed E-state index contributed by atoms with van der Waals surface area (Å²) >= 11 is 2.37. The van der Waals surface area contributed by atoms with Crippen LogP contribution in [-0.4, -0.2) is 14.2 Å². The van der Waals surface area contributed by atoms with E-state index in [0.29, 0.717) is 5.75 Å². The van der Waals surface area contributed by atoms with Crippen LogP contribution in [0.3, 0.4) is 0 Å². The van der Waals surface area contributed by atoms with Gasteiger partial charge < -0.3 is 4.18 Å². The van der Waals surface area contributed by atoms with Crippen LogP contribution in [0.1, 0.15) is 34.0 Å². The zero-order chi connectivity index (χ0) is 16.9. The van der Waals surface area contributed by atoms with Crippen molar-refractivity contribution in [2.45, 2.75) is 30.6 Å². The molecule has 23 heavy (non-hydrogen) atoms. The van der Waals surface area contributed by atoms with Gasteiger partial charge in [0.05, 0.1) is 5.75 Å². The second kappa shape index (κ2) is 8.15. The molecule has 1 atom stereocenters. The van der Waals surface area contributed by atoms with Gasteiger partial charge in [-0.3, -0.25) is 0 Å². The molecular formula is C18H21IO3S. The third-order valence-corrected chi connectivity index (χ3v) is 6.04. The Labute approximate surface area is 152 Å². The molecule has 0 saturated heterocycles. The summed E-state index contributed by atoms with van der Waals surface area (Å²) in [5.74, 6) is 0.417. The molecule has 0 aliphatic heterocycles. The second-order valence-electron chi connectivity index (χ2n) is 5.46. The predicted octanol–water partition coefficient (Wildman–Crippen LogP) is 4.83. The number of halogens is 1. The Morgan fingerprint density at radius 1 is 1.13 bits per heavy atom. The Kier molecular flexibility index (Phi) is 6.47. The number of alkyl halides is 1. The molecule has 3 nitrogen and oxygen atoms in total. The van der Waals surface area contributed by atoms with Gasteiger partial charge in [0.15, 0.2) is 0 Å². The van der Waals surface area contributed by atoms with E-state index in [1.54, 1.807) is 13.0 Å². The summed E-state index contributed by atoms with van der Waals surface area (Å²) in [7, 11) is -3.51. The summed E-state index contributed by atoms with van der Waals surface area (Å²) in [5, 5.41) is 0. The van der Waals surface area contributed by atoms with Crippen molar-refractivity contribution in [1.82, 2.24) is 0 Å². The monoisotopic (exact) mass is 444 g/mol. The lowest BCUT2D eigenvalue weighted by Gasteiger charge is -2.16. The Hall–Kier alpha value is -1.08. The van der Waals surface area contributed by atoms with Gasteiger partial charge in [0.25, 0.3) is 0 Å². The number of rotatable bonds is 7. The van der Waals surface area contributed by atoms with Crippen molar-refractivity contribution in [1.29, 1.82) is 0 Å². The van der Waals surface area contributed by atoms with E-state index in [1.807, 2.05) is 37.3 Å². The van der Waals surface area contributed by atoms with Crippen molar-refractivity contribution in [2.75, 3.05) is 5.75 Å². The van der Waals surface area contributed by atoms with E-state index in [1.165, 1.54) is 5.56 Å². The van der Waals surface area contributed by atoms with Gasteiger partial charge in [0, 0.05) is 9.49 Å². The molecule has 0 aliphatic carbocycles. The minimum absolute atomic E-state index is 0.0315. The van der Waals surface area contributed by atoms with Crippen LogP contribution in [-0.2, 0) is 16.5 Å². The first kappa shape index (κ1) is 18.3. The topological polar surface area (TPSA) is 43.4 Å². The van der Waals surface area contributed by atoms with Crippen molar-refractivity contribution in [2.24, 2.45) is 0 Å². The zero-order valence-electron chi connectivity index (χ0n) is 13.3. The molecule has 0 radical (unpaired) electrons. The van der Waals surface area contributed by atoms with Gasteiger partial charge in [0.2, 0.25) is 0 Å². The Morgan fingerprint density at radius 2 is 1.83 bits per heavy atom. The van der Waals surface area contributed by atoms with Gasteiger partial charge in [-0.1, -0.05) is 70.6 Å². The normalized spacial score (nSPS) is 12.8. The van der Waals surface area contributed by atoms with Crippen LogP contribution in [0.25, 0.3) is 0 Å². The first-order valence-corrected chi connectivity index (χ1v) is 10.4. The van der Waals surface area contributed by atoms with E-state index in [-0.39, 0.29) is 9.68 Å². The maximum absolute atomic E-state index is 11.8. The van der Waals surface area contributed by atoms with E-state index >= 15 is 0 Å². The molecule has 2 rings (SSSR count). The molecule has 0 heterocycles. The molecule has 124 valence electrons. The van der Waals surface area contributed by atoms with Crippen molar-refractivity contribution < 1.29 is 12.6 Å². The fourth-order valence-corrected chi connectivity index (χ4v) is 3.62. The van der Waals surface area contributed by atoms with E-state index in [2.05, 4.69) is 34.7 Å². The highest BCUT2D eigenvalue weighted by atomic mass is 127. The lowest BCUT2D eigenvalue weighted by atomic mass is 10.0. The molecule has 0 fully saturated rings. The van der Waals surface area contributed by atoms with Crippen molar-refractivity contribution in [3.05, 3.63) is 65.2 Å². The molecule has 0 spiro atoms. The SMILES string of the molecule is CCS(=O)(=O)Oc1ccc(C)cc1C(I)CCc1ccccc1. The molecular weight excluding hydrogens is 423 g/mol. The largest absolute Gasteiger partial charge is 0.382 e. The lowest BCUT2D eigenvalue weighted by molar-refractivity contribution is 0.483. The molecule has 0 N–H and O–H groups in total. The quantitative estimate of drug-likeness (QED) is 0.349. The number of hydrogen-bond acceptors (Lipinski definition) is 3. The Morgan fingerprint density at radius 3 is 2.48 bits per heavy atom. The van der Waals surface area contributed by atoms with Gasteiger partial charge in [-0.05, 0) is 38.3 Å². The van der Waals surface area contributed by atoms with Crippen LogP contribution in [0.4, 0.5) is 0 Å². The van der Waals surface area contributed by atoms with Gasteiger partial charge in [0.1, 0.15) is 5.75 Å². The van der Waals surface area contributed by atoms with Crippen LogP contribution in [0, 0.1) is 6.92 Å². The fourth-order valence-electron chi connectivity index (χ4n) is 2.28. The molecule has 0 aliphatic rings. The van der Waals surface area contributed by atoms with Gasteiger partial charge in [-0.15, -0.1) is 0 Å². The molecule has 2 aromatic carbocycles. The van der Waals surface area contributed by atoms with E-state index in [9.17, 15) is 8.42 Å². The molecule has 0 aromatic heterocycles. The Balaban J connectivity index is 2.18. The van der Waals surface area contributed by atoms with Crippen molar-refractivity contribution in [3.8, 4) is 5.75 Å². The van der Waals surface area contributed by atoms with Crippen LogP contribution < -0.4 is 4.18 Å². The summed E-state index contributed by atoms with van der Waals surface area (Å²) in [5.41, 5.74) is 3.33. The fraction of sp³-hybridized carbons (Fsp3) is 0.333. The molecule has 0 saturated carbocycles. The third kappa shape index (κ3) is 5.49. The smallest absolute Gasteiger partial charge is 0.308 e. The van der Waals surface area contributed by atoms with Crippen LogP contribution in [0.15, 0.2) is 48.5 Å². The summed E-state index contributed by atoms with van der Waals surface area (Å²) in [6.07, 6.45) is 1.87. The van der Waals surface area contributed by atoms with Crippen LogP contribution >= 0.6 is 22.6 Å². The average molecular weight is 444 g/mol. The van der Waals surface area contributed by atoms with Crippen molar-refractivity contribution >= 4 is 32.7 Å². The van der Waals surface area contributed by atoms with Crippen molar-refractivity contribution in [3.63, 3.8) is 0 Å². The average Bonchev–Trinajstić information content (AvgIpc) is 2.55. The summed E-state index contributed by atoms with van der Waals surface area (Å²) in [6, 6.07) is 15.9. The van der Waals surface area contributed by atoms with E-state index < -0.39 is 10.1 Å².